The van der Waals surface area contributed by atoms with Gasteiger partial charge in [0.25, 0.3) is 0 Å². The van der Waals surface area contributed by atoms with E-state index in [-0.39, 0.29) is 5.82 Å². The Morgan fingerprint density at radius 2 is 1.61 bits per heavy atom. The Hall–Kier alpha value is -3.91. The number of nitrogens with one attached hydrogen (secondary N) is 1. The molecule has 4 rings (SSSR count). The molecule has 0 amide bonds. The third-order valence-electron chi connectivity index (χ3n) is 5.71. The summed E-state index contributed by atoms with van der Waals surface area (Å²) in [6.07, 6.45) is 1.56. The first-order valence-corrected chi connectivity index (χ1v) is 11.1. The molecule has 0 saturated heterocycles. The van der Waals surface area contributed by atoms with Gasteiger partial charge in [-0.3, -0.25) is 0 Å². The molecule has 0 aliphatic carbocycles. The van der Waals surface area contributed by atoms with E-state index in [1.165, 1.54) is 17.7 Å². The molecule has 0 aliphatic rings. The number of hydrogen-bond donors (Lipinski definition) is 1. The van der Waals surface area contributed by atoms with Crippen LogP contribution in [0.25, 0.3) is 5.82 Å². The zero-order chi connectivity index (χ0) is 23.4. The average Bonchev–Trinajstić information content (AvgIpc) is 3.14. The summed E-state index contributed by atoms with van der Waals surface area (Å²) in [7, 11) is 0. The topological polar surface area (TPSA) is 53.6 Å². The molecule has 0 saturated carbocycles. The van der Waals surface area contributed by atoms with E-state index in [0.29, 0.717) is 12.1 Å². The molecule has 4 nitrogen and oxygen atoms in total. The van der Waals surface area contributed by atoms with Gasteiger partial charge in [-0.25, -0.2) is 9.37 Å². The minimum absolute atomic E-state index is 0.248. The molecule has 0 unspecified atom stereocenters. The number of anilines is 1. The molecule has 0 fully saturated rings. The van der Waals surface area contributed by atoms with Crippen LogP contribution in [0.2, 0.25) is 0 Å². The van der Waals surface area contributed by atoms with Crippen LogP contribution >= 0.6 is 0 Å². The number of rotatable bonds is 7. The lowest BCUT2D eigenvalue weighted by atomic mass is 10.0. The molecule has 33 heavy (non-hydrogen) atoms. The standard InChI is InChI=1S/C28H27FN4/c1-19-12-26(32-28(13-19)33-20(2)4-5-21(33)3)11-8-23-14-24(17-30)16-27(15-23)31-18-22-6-9-25(29)10-7-22/h4-7,9-10,12-16,31H,8,11,18H2,1-3H3. The average molecular weight is 439 g/mol. The van der Waals surface area contributed by atoms with Gasteiger partial charge in [0.05, 0.1) is 11.6 Å². The Balaban J connectivity index is 1.50. The van der Waals surface area contributed by atoms with Crippen molar-refractivity contribution in [3.8, 4) is 11.9 Å². The summed E-state index contributed by atoms with van der Waals surface area (Å²) in [4.78, 5) is 4.91. The Labute approximate surface area is 194 Å². The lowest BCUT2D eigenvalue weighted by molar-refractivity contribution is 0.627. The second-order valence-electron chi connectivity index (χ2n) is 8.46. The Kier molecular flexibility index (Phi) is 6.55. The van der Waals surface area contributed by atoms with Gasteiger partial charge in [0, 0.05) is 29.3 Å². The van der Waals surface area contributed by atoms with E-state index in [9.17, 15) is 9.65 Å². The maximum atomic E-state index is 13.1. The fraction of sp³-hybridized carbons (Fsp3) is 0.214. The monoisotopic (exact) mass is 438 g/mol. The fourth-order valence-corrected chi connectivity index (χ4v) is 4.07. The van der Waals surface area contributed by atoms with Crippen LogP contribution in [-0.2, 0) is 19.4 Å². The van der Waals surface area contributed by atoms with Crippen molar-refractivity contribution in [3.63, 3.8) is 0 Å². The summed E-state index contributed by atoms with van der Waals surface area (Å²) in [5, 5.41) is 12.8. The Morgan fingerprint density at radius 3 is 2.30 bits per heavy atom. The predicted octanol–water partition coefficient (Wildman–Crippen LogP) is 6.21. The van der Waals surface area contributed by atoms with Crippen molar-refractivity contribution in [1.82, 2.24) is 9.55 Å². The van der Waals surface area contributed by atoms with Crippen molar-refractivity contribution in [2.24, 2.45) is 0 Å². The summed E-state index contributed by atoms with van der Waals surface area (Å²) in [6.45, 7) is 6.83. The molecular weight excluding hydrogens is 411 g/mol. The van der Waals surface area contributed by atoms with Crippen molar-refractivity contribution in [2.75, 3.05) is 5.32 Å². The minimum atomic E-state index is -0.248. The highest BCUT2D eigenvalue weighted by atomic mass is 19.1. The molecule has 0 atom stereocenters. The molecule has 2 heterocycles. The molecule has 2 aromatic heterocycles. The van der Waals surface area contributed by atoms with E-state index in [4.69, 9.17) is 4.98 Å². The van der Waals surface area contributed by atoms with Crippen LogP contribution in [0.15, 0.2) is 66.7 Å². The van der Waals surface area contributed by atoms with Crippen molar-refractivity contribution in [2.45, 2.75) is 40.2 Å². The quantitative estimate of drug-likeness (QED) is 0.373. The molecule has 2 aromatic carbocycles. The number of halogens is 1. The third kappa shape index (κ3) is 5.48. The smallest absolute Gasteiger partial charge is 0.137 e. The predicted molar refractivity (Wildman–Crippen MR) is 130 cm³/mol. The van der Waals surface area contributed by atoms with Crippen LogP contribution in [-0.4, -0.2) is 9.55 Å². The van der Waals surface area contributed by atoms with Crippen molar-refractivity contribution < 1.29 is 4.39 Å². The zero-order valence-corrected chi connectivity index (χ0v) is 19.2. The number of aryl methyl sites for hydroxylation is 5. The molecule has 0 bridgehead atoms. The number of benzene rings is 2. The minimum Gasteiger partial charge on any atom is -0.381 e. The summed E-state index contributed by atoms with van der Waals surface area (Å²) >= 11 is 0. The van der Waals surface area contributed by atoms with Crippen LogP contribution in [0.3, 0.4) is 0 Å². The number of aromatic nitrogens is 2. The Bertz CT molecular complexity index is 1290. The van der Waals surface area contributed by atoms with Gasteiger partial charge in [0.15, 0.2) is 0 Å². The summed E-state index contributed by atoms with van der Waals surface area (Å²) < 4.78 is 15.3. The normalized spacial score (nSPS) is 10.8. The van der Waals surface area contributed by atoms with E-state index in [1.54, 1.807) is 12.1 Å². The molecule has 0 aliphatic heterocycles. The van der Waals surface area contributed by atoms with Crippen molar-refractivity contribution >= 4 is 5.69 Å². The van der Waals surface area contributed by atoms with Crippen molar-refractivity contribution in [1.29, 1.82) is 5.26 Å². The second-order valence-corrected chi connectivity index (χ2v) is 8.46. The van der Waals surface area contributed by atoms with Crippen LogP contribution in [0.5, 0.6) is 0 Å². The Morgan fingerprint density at radius 1 is 0.879 bits per heavy atom. The molecule has 1 N–H and O–H groups in total. The van der Waals surface area contributed by atoms with Gasteiger partial charge in [0.2, 0.25) is 0 Å². The zero-order valence-electron chi connectivity index (χ0n) is 19.2. The highest BCUT2D eigenvalue weighted by molar-refractivity contribution is 5.52. The van der Waals surface area contributed by atoms with Gasteiger partial charge < -0.3 is 9.88 Å². The first-order valence-electron chi connectivity index (χ1n) is 11.1. The highest BCUT2D eigenvalue weighted by Gasteiger charge is 2.09. The molecule has 5 heteroatoms. The van der Waals surface area contributed by atoms with Gasteiger partial charge in [-0.15, -0.1) is 0 Å². The number of hydrogen-bond acceptors (Lipinski definition) is 3. The highest BCUT2D eigenvalue weighted by Crippen LogP contribution is 2.20. The van der Waals surface area contributed by atoms with Crippen LogP contribution in [0, 0.1) is 37.9 Å². The van der Waals surface area contributed by atoms with Crippen LogP contribution in [0.4, 0.5) is 10.1 Å². The van der Waals surface area contributed by atoms with Crippen LogP contribution in [0.1, 0.15) is 39.3 Å². The number of pyridine rings is 1. The lowest BCUT2D eigenvalue weighted by Crippen LogP contribution is -2.06. The molecule has 166 valence electrons. The van der Waals surface area contributed by atoms with E-state index < -0.39 is 0 Å². The summed E-state index contributed by atoms with van der Waals surface area (Å²) in [5.41, 5.74) is 8.08. The van der Waals surface area contributed by atoms with Crippen LogP contribution < -0.4 is 5.32 Å². The maximum Gasteiger partial charge on any atom is 0.137 e. The second kappa shape index (κ2) is 9.70. The third-order valence-corrected chi connectivity index (χ3v) is 5.71. The van der Waals surface area contributed by atoms with E-state index >= 15 is 0 Å². The first-order chi connectivity index (χ1) is 15.9. The van der Waals surface area contributed by atoms with Gasteiger partial charge >= 0.3 is 0 Å². The van der Waals surface area contributed by atoms with Crippen molar-refractivity contribution in [3.05, 3.63) is 112 Å². The fourth-order valence-electron chi connectivity index (χ4n) is 4.07. The van der Waals surface area contributed by atoms with Gasteiger partial charge in [-0.05, 0) is 105 Å². The largest absolute Gasteiger partial charge is 0.381 e. The number of nitriles is 1. The molecule has 0 spiro atoms. The first kappa shape index (κ1) is 22.3. The van der Waals surface area contributed by atoms with E-state index in [1.807, 2.05) is 12.1 Å². The molecular formula is C28H27FN4. The SMILES string of the molecule is Cc1cc(CCc2cc(C#N)cc(NCc3ccc(F)cc3)c2)nc(-n2c(C)ccc2C)c1. The lowest BCUT2D eigenvalue weighted by Gasteiger charge is -2.13. The van der Waals surface area contributed by atoms with E-state index in [0.717, 1.165) is 52.6 Å². The van der Waals surface area contributed by atoms with E-state index in [2.05, 4.69) is 67.1 Å². The van der Waals surface area contributed by atoms with Gasteiger partial charge in [0.1, 0.15) is 11.6 Å². The maximum absolute atomic E-state index is 13.1. The molecule has 0 radical (unpaired) electrons. The van der Waals surface area contributed by atoms with Gasteiger partial charge in [-0.1, -0.05) is 12.1 Å². The molecule has 4 aromatic rings. The summed E-state index contributed by atoms with van der Waals surface area (Å²) in [6, 6.07) is 23.0. The van der Waals surface area contributed by atoms with Gasteiger partial charge in [-0.2, -0.15) is 5.26 Å². The number of nitrogens with zero attached hydrogens (tertiary/aromatic N) is 3. The summed E-state index contributed by atoms with van der Waals surface area (Å²) in [5.74, 6) is 0.694.